The van der Waals surface area contributed by atoms with Crippen LogP contribution in [0.25, 0.3) is 10.9 Å². The van der Waals surface area contributed by atoms with E-state index in [4.69, 9.17) is 0 Å². The van der Waals surface area contributed by atoms with Crippen molar-refractivity contribution in [2.75, 3.05) is 11.9 Å². The summed E-state index contributed by atoms with van der Waals surface area (Å²) in [6.07, 6.45) is 3.94. The van der Waals surface area contributed by atoms with Gasteiger partial charge in [0.1, 0.15) is 6.07 Å². The Kier molecular flexibility index (Phi) is 3.53. The number of piperidine rings is 1. The lowest BCUT2D eigenvalue weighted by molar-refractivity contribution is 0.389. The number of para-hydroxylation sites is 1. The lowest BCUT2D eigenvalue weighted by Gasteiger charge is -2.32. The third-order valence-electron chi connectivity index (χ3n) is 3.99. The van der Waals surface area contributed by atoms with Crippen LogP contribution in [0.5, 0.6) is 0 Å². The maximum atomic E-state index is 9.33. The minimum Gasteiger partial charge on any atom is -0.379 e. The molecule has 3 rings (SSSR count). The predicted molar refractivity (Wildman–Crippen MR) is 80.6 cm³/mol. The topological polar surface area (TPSA) is 60.7 Å². The molecule has 4 nitrogen and oxygen atoms in total. The summed E-state index contributed by atoms with van der Waals surface area (Å²) in [7, 11) is 0. The van der Waals surface area contributed by atoms with Gasteiger partial charge in [0.15, 0.2) is 0 Å². The van der Waals surface area contributed by atoms with Gasteiger partial charge in [-0.05, 0) is 32.4 Å². The van der Waals surface area contributed by atoms with Crippen LogP contribution in [0.1, 0.15) is 25.3 Å². The fourth-order valence-corrected chi connectivity index (χ4v) is 2.81. The quantitative estimate of drug-likeness (QED) is 0.877. The Morgan fingerprint density at radius 2 is 2.25 bits per heavy atom. The van der Waals surface area contributed by atoms with Crippen LogP contribution in [0.3, 0.4) is 0 Å². The first-order chi connectivity index (χ1) is 9.79. The summed E-state index contributed by atoms with van der Waals surface area (Å²) >= 11 is 0. The molecule has 1 fully saturated rings. The molecule has 0 saturated carbocycles. The summed E-state index contributed by atoms with van der Waals surface area (Å²) in [5.74, 6) is 0. The molecule has 2 aromatic rings. The number of rotatable bonds is 2. The third kappa shape index (κ3) is 2.33. The predicted octanol–water partition coefficient (Wildman–Crippen LogP) is 2.66. The molecule has 0 radical (unpaired) electrons. The molecule has 1 saturated heterocycles. The lowest BCUT2D eigenvalue weighted by Crippen LogP contribution is -2.46. The van der Waals surface area contributed by atoms with Crippen LogP contribution in [-0.4, -0.2) is 23.6 Å². The van der Waals surface area contributed by atoms with E-state index in [0.29, 0.717) is 17.6 Å². The molecule has 2 atom stereocenters. The number of hydrogen-bond acceptors (Lipinski definition) is 4. The van der Waals surface area contributed by atoms with Gasteiger partial charge < -0.3 is 10.6 Å². The summed E-state index contributed by atoms with van der Waals surface area (Å²) in [4.78, 5) is 4.35. The fourth-order valence-electron chi connectivity index (χ4n) is 2.81. The number of fused-ring (bicyclic) bond motifs is 1. The molecule has 0 bridgehead atoms. The largest absolute Gasteiger partial charge is 0.379 e. The summed E-state index contributed by atoms with van der Waals surface area (Å²) in [5.41, 5.74) is 2.45. The van der Waals surface area contributed by atoms with Gasteiger partial charge in [-0.2, -0.15) is 5.26 Å². The highest BCUT2D eigenvalue weighted by molar-refractivity contribution is 5.94. The first-order valence-corrected chi connectivity index (χ1v) is 7.07. The molecule has 2 unspecified atom stereocenters. The van der Waals surface area contributed by atoms with Gasteiger partial charge in [0.05, 0.1) is 16.8 Å². The highest BCUT2D eigenvalue weighted by Crippen LogP contribution is 2.27. The summed E-state index contributed by atoms with van der Waals surface area (Å²) in [6, 6.07) is 11.0. The number of nitrogens with one attached hydrogen (secondary N) is 2. The van der Waals surface area contributed by atoms with Crippen molar-refractivity contribution in [2.45, 2.75) is 31.8 Å². The molecule has 2 heterocycles. The van der Waals surface area contributed by atoms with E-state index in [1.165, 1.54) is 0 Å². The minimum absolute atomic E-state index is 0.349. The van der Waals surface area contributed by atoms with Crippen LogP contribution in [0.4, 0.5) is 5.69 Å². The number of nitriles is 1. The molecule has 102 valence electrons. The molecule has 4 heteroatoms. The Bertz CT molecular complexity index is 659. The lowest BCUT2D eigenvalue weighted by atomic mass is 9.98. The molecule has 0 aliphatic carbocycles. The van der Waals surface area contributed by atoms with Crippen molar-refractivity contribution in [1.29, 1.82) is 5.26 Å². The zero-order chi connectivity index (χ0) is 13.9. The second-order valence-corrected chi connectivity index (χ2v) is 5.31. The first kappa shape index (κ1) is 12.9. The van der Waals surface area contributed by atoms with E-state index < -0.39 is 0 Å². The fraction of sp³-hybridized carbons (Fsp3) is 0.375. The standard InChI is InChI=1S/C16H18N4/c1-11-14(7-4-8-18-11)20-16-12(9-17)10-19-15-6-3-2-5-13(15)16/h2-3,5-6,10-11,14,18H,4,7-8H2,1H3,(H,19,20). The van der Waals surface area contributed by atoms with E-state index >= 15 is 0 Å². The average molecular weight is 266 g/mol. The van der Waals surface area contributed by atoms with Crippen LogP contribution in [0, 0.1) is 11.3 Å². The van der Waals surface area contributed by atoms with Crippen LogP contribution in [0.15, 0.2) is 30.5 Å². The van der Waals surface area contributed by atoms with Gasteiger partial charge in [0, 0.05) is 23.7 Å². The van der Waals surface area contributed by atoms with Crippen LogP contribution < -0.4 is 10.6 Å². The summed E-state index contributed by atoms with van der Waals surface area (Å²) in [6.45, 7) is 3.26. The normalized spacial score (nSPS) is 22.4. The van der Waals surface area contributed by atoms with E-state index in [1.54, 1.807) is 6.20 Å². The van der Waals surface area contributed by atoms with Gasteiger partial charge in [0.25, 0.3) is 0 Å². The Morgan fingerprint density at radius 3 is 3.05 bits per heavy atom. The summed E-state index contributed by atoms with van der Waals surface area (Å²) in [5, 5.41) is 17.4. The number of pyridine rings is 1. The Balaban J connectivity index is 2.02. The minimum atomic E-state index is 0.349. The average Bonchev–Trinajstić information content (AvgIpc) is 2.50. The Hall–Kier alpha value is -2.12. The van der Waals surface area contributed by atoms with Crippen molar-refractivity contribution in [3.63, 3.8) is 0 Å². The number of hydrogen-bond donors (Lipinski definition) is 2. The molecular weight excluding hydrogens is 248 g/mol. The van der Waals surface area contributed by atoms with Crippen LogP contribution in [0.2, 0.25) is 0 Å². The third-order valence-corrected chi connectivity index (χ3v) is 3.99. The zero-order valence-electron chi connectivity index (χ0n) is 11.6. The monoisotopic (exact) mass is 266 g/mol. The maximum absolute atomic E-state index is 9.33. The zero-order valence-corrected chi connectivity index (χ0v) is 11.6. The molecule has 1 aliphatic heterocycles. The molecule has 2 N–H and O–H groups in total. The van der Waals surface area contributed by atoms with Crippen molar-refractivity contribution in [3.8, 4) is 6.07 Å². The van der Waals surface area contributed by atoms with Crippen molar-refractivity contribution in [1.82, 2.24) is 10.3 Å². The number of anilines is 1. The first-order valence-electron chi connectivity index (χ1n) is 7.07. The van der Waals surface area contributed by atoms with Crippen molar-refractivity contribution < 1.29 is 0 Å². The van der Waals surface area contributed by atoms with Crippen molar-refractivity contribution in [2.24, 2.45) is 0 Å². The highest BCUT2D eigenvalue weighted by atomic mass is 15.0. The smallest absolute Gasteiger partial charge is 0.103 e. The molecule has 0 amide bonds. The Morgan fingerprint density at radius 1 is 1.40 bits per heavy atom. The van der Waals surface area contributed by atoms with Crippen molar-refractivity contribution >= 4 is 16.6 Å². The van der Waals surface area contributed by atoms with E-state index in [0.717, 1.165) is 36.0 Å². The second-order valence-electron chi connectivity index (χ2n) is 5.31. The Labute approximate surface area is 118 Å². The van der Waals surface area contributed by atoms with Gasteiger partial charge in [-0.25, -0.2) is 0 Å². The van der Waals surface area contributed by atoms with E-state index in [1.807, 2.05) is 24.3 Å². The van der Waals surface area contributed by atoms with Gasteiger partial charge in [-0.1, -0.05) is 18.2 Å². The molecule has 20 heavy (non-hydrogen) atoms. The van der Waals surface area contributed by atoms with Gasteiger partial charge in [-0.15, -0.1) is 0 Å². The van der Waals surface area contributed by atoms with Crippen molar-refractivity contribution in [3.05, 3.63) is 36.0 Å². The van der Waals surface area contributed by atoms with Gasteiger partial charge >= 0.3 is 0 Å². The maximum Gasteiger partial charge on any atom is 0.103 e. The SMILES string of the molecule is CC1NCCCC1Nc1c(C#N)cnc2ccccc12. The summed E-state index contributed by atoms with van der Waals surface area (Å²) < 4.78 is 0. The molecule has 0 spiro atoms. The number of nitrogens with zero attached hydrogens (tertiary/aromatic N) is 2. The van der Waals surface area contributed by atoms with Gasteiger partial charge in [-0.3, -0.25) is 4.98 Å². The highest BCUT2D eigenvalue weighted by Gasteiger charge is 2.22. The molecule has 1 aromatic heterocycles. The van der Waals surface area contributed by atoms with E-state index in [2.05, 4.69) is 28.6 Å². The second kappa shape index (κ2) is 5.48. The van der Waals surface area contributed by atoms with Crippen LogP contribution in [-0.2, 0) is 0 Å². The number of aromatic nitrogens is 1. The van der Waals surface area contributed by atoms with E-state index in [-0.39, 0.29) is 0 Å². The molecular formula is C16H18N4. The molecule has 1 aliphatic rings. The number of benzene rings is 1. The van der Waals surface area contributed by atoms with Gasteiger partial charge in [0.2, 0.25) is 0 Å². The molecule has 1 aromatic carbocycles. The van der Waals surface area contributed by atoms with Crippen LogP contribution >= 0.6 is 0 Å². The van der Waals surface area contributed by atoms with E-state index in [9.17, 15) is 5.26 Å².